The van der Waals surface area contributed by atoms with E-state index in [1.807, 2.05) is 0 Å². The number of hydrogen-bond acceptors (Lipinski definition) is 5. The van der Waals surface area contributed by atoms with Crippen LogP contribution in [0.2, 0.25) is 5.02 Å². The van der Waals surface area contributed by atoms with Crippen molar-refractivity contribution in [3.05, 3.63) is 77.6 Å². The molecule has 6 nitrogen and oxygen atoms in total. The number of aromatic nitrogens is 1. The van der Waals surface area contributed by atoms with Gasteiger partial charge in [0.25, 0.3) is 5.91 Å². The number of anilines is 1. The number of nitrogens with zero attached hydrogens (tertiary/aromatic N) is 1. The predicted molar refractivity (Wildman–Crippen MR) is 109 cm³/mol. The van der Waals surface area contributed by atoms with Crippen LogP contribution in [0.5, 0.6) is 17.6 Å². The van der Waals surface area contributed by atoms with Crippen molar-refractivity contribution in [1.82, 2.24) is 4.98 Å². The van der Waals surface area contributed by atoms with Crippen molar-refractivity contribution in [1.29, 1.82) is 0 Å². The van der Waals surface area contributed by atoms with Gasteiger partial charge in [0.2, 0.25) is 0 Å². The van der Waals surface area contributed by atoms with Gasteiger partial charge in [-0.15, -0.1) is 6.07 Å². The minimum absolute atomic E-state index is 0. The summed E-state index contributed by atoms with van der Waals surface area (Å²) in [6, 6.07) is 18.5. The number of ether oxygens (including phenoxy) is 2. The van der Waals surface area contributed by atoms with Gasteiger partial charge in [-0.2, -0.15) is 23.2 Å². The maximum absolute atomic E-state index is 13.6. The molecule has 0 saturated heterocycles. The third-order valence-corrected chi connectivity index (χ3v) is 4.33. The standard InChI is InChI=1S/C22H15ClFN2O4.Y/c1-13(21(27)25-18-5-3-2-4-17(18)24)28-15-7-9-16(10-8-15)29-22-26-19-11-6-14(23)12-20(19)30-22;/h2-4,6-13H,1H3,(H,25,27);/q-1;/t13-;/m1./s1. The van der Waals surface area contributed by atoms with Crippen molar-refractivity contribution in [3.63, 3.8) is 0 Å². The van der Waals surface area contributed by atoms with Gasteiger partial charge in [0.05, 0.1) is 0 Å². The van der Waals surface area contributed by atoms with E-state index in [4.69, 9.17) is 25.5 Å². The van der Waals surface area contributed by atoms with Crippen LogP contribution in [0.1, 0.15) is 6.92 Å². The fraction of sp³-hybridized carbons (Fsp3) is 0.0909. The van der Waals surface area contributed by atoms with Crippen LogP contribution in [-0.4, -0.2) is 17.0 Å². The number of nitrogens with one attached hydrogen (secondary N) is 1. The Bertz CT molecular complexity index is 1200. The van der Waals surface area contributed by atoms with Gasteiger partial charge in [-0.05, 0) is 49.0 Å². The zero-order valence-electron chi connectivity index (χ0n) is 16.3. The third kappa shape index (κ3) is 5.82. The smallest absolute Gasteiger partial charge is 0.400 e. The largest absolute Gasteiger partial charge is 0.481 e. The summed E-state index contributed by atoms with van der Waals surface area (Å²) in [5.41, 5.74) is 1.12. The Labute approximate surface area is 207 Å². The molecule has 0 unspecified atom stereocenters. The molecule has 1 aromatic heterocycles. The van der Waals surface area contributed by atoms with Gasteiger partial charge in [-0.25, -0.2) is 0 Å². The van der Waals surface area contributed by atoms with E-state index >= 15 is 0 Å². The molecule has 3 aromatic carbocycles. The Hall–Kier alpha value is -2.48. The molecule has 0 fully saturated rings. The number of rotatable bonds is 6. The number of oxazole rings is 1. The van der Waals surface area contributed by atoms with Crippen LogP contribution in [0.4, 0.5) is 10.1 Å². The van der Waals surface area contributed by atoms with Crippen LogP contribution in [-0.2, 0) is 37.5 Å². The number of carbonyl (C=O) groups excluding carboxylic acids is 1. The first-order valence-corrected chi connectivity index (χ1v) is 9.33. The van der Waals surface area contributed by atoms with E-state index < -0.39 is 17.8 Å². The SMILES string of the molecule is C[C@@H](Oc1ccc(Oc2nc3ccc(Cl)cc3o2)cc1)C(=O)Nc1[c-]cccc1F.[Y]. The second-order valence-electron chi connectivity index (χ2n) is 6.31. The summed E-state index contributed by atoms with van der Waals surface area (Å²) in [6.07, 6.45) is -0.776. The Morgan fingerprint density at radius 3 is 2.68 bits per heavy atom. The quantitative estimate of drug-likeness (QED) is 0.338. The zero-order valence-corrected chi connectivity index (χ0v) is 19.9. The normalized spacial score (nSPS) is 11.5. The van der Waals surface area contributed by atoms with Crippen molar-refractivity contribution in [3.8, 4) is 17.6 Å². The molecule has 0 aliphatic heterocycles. The average molecular weight is 515 g/mol. The number of hydrogen-bond donors (Lipinski definition) is 1. The molecule has 0 bridgehead atoms. The van der Waals surface area contributed by atoms with Gasteiger partial charge in [-0.1, -0.05) is 11.6 Å². The Kier molecular flexibility index (Phi) is 7.65. The van der Waals surface area contributed by atoms with Crippen molar-refractivity contribution in [2.45, 2.75) is 13.0 Å². The Morgan fingerprint density at radius 2 is 1.94 bits per heavy atom. The molecule has 155 valence electrons. The zero-order chi connectivity index (χ0) is 21.1. The van der Waals surface area contributed by atoms with Crippen molar-refractivity contribution < 1.29 is 55.8 Å². The van der Waals surface area contributed by atoms with Crippen molar-refractivity contribution in [2.75, 3.05) is 5.32 Å². The fourth-order valence-corrected chi connectivity index (χ4v) is 2.76. The molecule has 0 aliphatic rings. The first-order chi connectivity index (χ1) is 14.5. The fourth-order valence-electron chi connectivity index (χ4n) is 2.60. The molecular weight excluding hydrogens is 500 g/mol. The minimum atomic E-state index is -0.855. The minimum Gasteiger partial charge on any atom is -0.481 e. The number of benzene rings is 3. The number of fused-ring (bicyclic) bond motifs is 1. The molecule has 0 saturated carbocycles. The molecule has 9 heteroatoms. The van der Waals surface area contributed by atoms with E-state index in [0.717, 1.165) is 0 Å². The topological polar surface area (TPSA) is 73.6 Å². The molecule has 1 amide bonds. The first-order valence-electron chi connectivity index (χ1n) is 8.96. The summed E-state index contributed by atoms with van der Waals surface area (Å²) in [5, 5.41) is 2.98. The second kappa shape index (κ2) is 10.2. The monoisotopic (exact) mass is 514 g/mol. The van der Waals surface area contributed by atoms with Crippen molar-refractivity contribution >= 4 is 34.3 Å². The Balaban J connectivity index is 0.00000272. The summed E-state index contributed by atoms with van der Waals surface area (Å²) in [4.78, 5) is 16.4. The molecule has 4 aromatic rings. The van der Waals surface area contributed by atoms with Crippen LogP contribution in [0.15, 0.2) is 65.1 Å². The first kappa shape index (κ1) is 23.2. The number of halogens is 2. The van der Waals surface area contributed by atoms with E-state index in [0.29, 0.717) is 27.6 Å². The summed E-state index contributed by atoms with van der Waals surface area (Å²) >= 11 is 5.93. The number of carbonyl (C=O) groups is 1. The molecule has 1 radical (unpaired) electrons. The van der Waals surface area contributed by atoms with Gasteiger partial charge in [-0.3, -0.25) is 9.18 Å². The number of para-hydroxylation sites is 1. The van der Waals surface area contributed by atoms with E-state index in [2.05, 4.69) is 16.4 Å². The summed E-state index contributed by atoms with van der Waals surface area (Å²) in [5.74, 6) is -0.159. The maximum Gasteiger partial charge on any atom is 0.400 e. The van der Waals surface area contributed by atoms with E-state index in [9.17, 15) is 9.18 Å². The van der Waals surface area contributed by atoms with Gasteiger partial charge in [0.1, 0.15) is 17.0 Å². The average Bonchev–Trinajstić information content (AvgIpc) is 3.12. The predicted octanol–water partition coefficient (Wildman–Crippen LogP) is 5.62. The molecule has 31 heavy (non-hydrogen) atoms. The molecule has 1 N–H and O–H groups in total. The Morgan fingerprint density at radius 1 is 1.19 bits per heavy atom. The van der Waals surface area contributed by atoms with Crippen LogP contribution < -0.4 is 14.8 Å². The molecule has 1 heterocycles. The van der Waals surface area contributed by atoms with Crippen LogP contribution >= 0.6 is 11.6 Å². The molecule has 0 spiro atoms. The van der Waals surface area contributed by atoms with E-state index in [1.165, 1.54) is 18.2 Å². The van der Waals surface area contributed by atoms with Gasteiger partial charge in [0, 0.05) is 49.6 Å². The van der Waals surface area contributed by atoms with Crippen LogP contribution in [0.3, 0.4) is 0 Å². The molecule has 1 atom stereocenters. The van der Waals surface area contributed by atoms with Crippen LogP contribution in [0, 0.1) is 11.9 Å². The summed E-state index contributed by atoms with van der Waals surface area (Å²) in [7, 11) is 0. The van der Waals surface area contributed by atoms with Crippen LogP contribution in [0.25, 0.3) is 11.1 Å². The van der Waals surface area contributed by atoms with Gasteiger partial charge < -0.3 is 19.2 Å². The second-order valence-corrected chi connectivity index (χ2v) is 6.74. The number of amides is 1. The van der Waals surface area contributed by atoms with Crippen molar-refractivity contribution in [2.24, 2.45) is 0 Å². The molecule has 4 rings (SSSR count). The molecular formula is C22H15ClFN2O4Y-. The van der Waals surface area contributed by atoms with E-state index in [1.54, 1.807) is 49.4 Å². The summed E-state index contributed by atoms with van der Waals surface area (Å²) in [6.45, 7) is 1.56. The third-order valence-electron chi connectivity index (χ3n) is 4.10. The van der Waals surface area contributed by atoms with E-state index in [-0.39, 0.29) is 44.5 Å². The molecule has 0 aliphatic carbocycles. The van der Waals surface area contributed by atoms with Gasteiger partial charge in [0.15, 0.2) is 11.7 Å². The van der Waals surface area contributed by atoms with Gasteiger partial charge >= 0.3 is 6.08 Å². The maximum atomic E-state index is 13.6. The summed E-state index contributed by atoms with van der Waals surface area (Å²) < 4.78 is 30.3.